The highest BCUT2D eigenvalue weighted by Crippen LogP contribution is 2.10. The van der Waals surface area contributed by atoms with E-state index in [9.17, 15) is 9.59 Å². The van der Waals surface area contributed by atoms with Crippen molar-refractivity contribution in [2.24, 2.45) is 11.5 Å². The Morgan fingerprint density at radius 2 is 2.25 bits per heavy atom. The number of aromatic amines is 1. The average Bonchev–Trinajstić information content (AvgIpc) is 2.62. The minimum absolute atomic E-state index is 0.0924. The van der Waals surface area contributed by atoms with Crippen molar-refractivity contribution in [3.05, 3.63) is 23.8 Å². The van der Waals surface area contributed by atoms with Crippen LogP contribution in [0.4, 0.5) is 0 Å². The molecule has 0 spiro atoms. The van der Waals surface area contributed by atoms with E-state index in [1.165, 1.54) is 6.20 Å². The molecule has 1 aromatic heterocycles. The van der Waals surface area contributed by atoms with Crippen molar-refractivity contribution in [3.8, 4) is 0 Å². The Labute approximate surface area is 91.2 Å². The minimum atomic E-state index is -1.27. The van der Waals surface area contributed by atoms with Crippen molar-refractivity contribution in [2.75, 3.05) is 6.54 Å². The number of aliphatic carboxylic acids is 1. The lowest BCUT2D eigenvalue weighted by atomic mass is 10.2. The van der Waals surface area contributed by atoms with Crippen molar-refractivity contribution in [1.29, 1.82) is 0 Å². The molecule has 0 aromatic carbocycles. The van der Waals surface area contributed by atoms with Gasteiger partial charge in [0.2, 0.25) is 5.91 Å². The van der Waals surface area contributed by atoms with Gasteiger partial charge in [-0.05, 0) is 6.54 Å². The van der Waals surface area contributed by atoms with Gasteiger partial charge in [-0.1, -0.05) is 0 Å². The van der Waals surface area contributed by atoms with Crippen LogP contribution in [0, 0.1) is 0 Å². The second-order valence-corrected chi connectivity index (χ2v) is 3.06. The molecule has 1 aromatic rings. The molecule has 86 valence electrons. The molecule has 0 fully saturated rings. The summed E-state index contributed by atoms with van der Waals surface area (Å²) in [6, 6.07) is 0. The van der Waals surface area contributed by atoms with Crippen molar-refractivity contribution in [2.45, 2.75) is 6.42 Å². The third-order valence-electron chi connectivity index (χ3n) is 1.81. The van der Waals surface area contributed by atoms with Crippen LogP contribution in [0.25, 0.3) is 5.57 Å². The summed E-state index contributed by atoms with van der Waals surface area (Å²) in [5.74, 6) is -2.02. The number of nitrogens with zero attached hydrogens (tertiary/aromatic N) is 1. The van der Waals surface area contributed by atoms with E-state index in [1.807, 2.05) is 0 Å². The molecule has 0 saturated heterocycles. The Bertz CT molecular complexity index is 436. The van der Waals surface area contributed by atoms with Gasteiger partial charge >= 0.3 is 5.97 Å². The van der Waals surface area contributed by atoms with Gasteiger partial charge in [0.15, 0.2) is 0 Å². The van der Waals surface area contributed by atoms with Gasteiger partial charge in [0.1, 0.15) is 11.4 Å². The van der Waals surface area contributed by atoms with Gasteiger partial charge < -0.3 is 21.6 Å². The number of imidazole rings is 1. The van der Waals surface area contributed by atoms with E-state index in [0.717, 1.165) is 6.08 Å². The van der Waals surface area contributed by atoms with Gasteiger partial charge in [0, 0.05) is 24.4 Å². The van der Waals surface area contributed by atoms with E-state index >= 15 is 0 Å². The fourth-order valence-electron chi connectivity index (χ4n) is 1.15. The molecule has 1 rings (SSSR count). The number of nitrogens with one attached hydrogen (secondary N) is 1. The smallest absolute Gasteiger partial charge is 0.339 e. The molecule has 7 nitrogen and oxygen atoms in total. The van der Waals surface area contributed by atoms with E-state index in [4.69, 9.17) is 16.6 Å². The predicted molar refractivity (Wildman–Crippen MR) is 56.2 cm³/mol. The van der Waals surface area contributed by atoms with Crippen LogP contribution in [-0.4, -0.2) is 33.5 Å². The van der Waals surface area contributed by atoms with Crippen molar-refractivity contribution < 1.29 is 14.7 Å². The van der Waals surface area contributed by atoms with Crippen LogP contribution in [0.1, 0.15) is 11.5 Å². The Morgan fingerprint density at radius 1 is 1.56 bits per heavy atom. The summed E-state index contributed by atoms with van der Waals surface area (Å²) in [6.45, 7) is 0.420. The number of primary amides is 1. The van der Waals surface area contributed by atoms with Crippen LogP contribution in [0.2, 0.25) is 0 Å². The molecular formula is C9H12N4O3. The number of H-pyrrole nitrogens is 1. The number of carbonyl (C=O) groups is 2. The topological polar surface area (TPSA) is 135 Å². The SMILES string of the molecule is NCCc1cnc(/C(=C/C(N)=O)C(=O)O)[nH]1. The summed E-state index contributed by atoms with van der Waals surface area (Å²) < 4.78 is 0. The Balaban J connectivity index is 3.02. The molecule has 1 amide bonds. The van der Waals surface area contributed by atoms with Crippen LogP contribution in [0.5, 0.6) is 0 Å². The lowest BCUT2D eigenvalue weighted by Crippen LogP contribution is -2.11. The molecule has 0 aliphatic heterocycles. The summed E-state index contributed by atoms with van der Waals surface area (Å²) in [7, 11) is 0. The number of aromatic nitrogens is 2. The second kappa shape index (κ2) is 5.08. The lowest BCUT2D eigenvalue weighted by molar-refractivity contribution is -0.130. The predicted octanol–water partition coefficient (Wildman–Crippen LogP) is -1.14. The van der Waals surface area contributed by atoms with E-state index in [1.54, 1.807) is 0 Å². The number of rotatable bonds is 5. The standard InChI is InChI=1S/C9H12N4O3/c10-2-1-5-4-12-8(13-5)6(9(15)16)3-7(11)14/h3-4H,1-2,10H2,(H2,11,14)(H,12,13)(H,15,16)/b6-3-. The Kier molecular flexibility index (Phi) is 3.78. The van der Waals surface area contributed by atoms with Crippen LogP contribution in [0.15, 0.2) is 12.3 Å². The molecule has 0 atom stereocenters. The average molecular weight is 224 g/mol. The fourth-order valence-corrected chi connectivity index (χ4v) is 1.15. The highest BCUT2D eigenvalue weighted by Gasteiger charge is 2.15. The third kappa shape index (κ3) is 2.92. The Hall–Kier alpha value is -2.15. The van der Waals surface area contributed by atoms with Gasteiger partial charge in [-0.15, -0.1) is 0 Å². The van der Waals surface area contributed by atoms with Crippen LogP contribution in [0.3, 0.4) is 0 Å². The normalized spacial score (nSPS) is 11.4. The first-order chi connectivity index (χ1) is 7.54. The molecular weight excluding hydrogens is 212 g/mol. The first kappa shape index (κ1) is 11.9. The fraction of sp³-hybridized carbons (Fsp3) is 0.222. The maximum absolute atomic E-state index is 10.8. The van der Waals surface area contributed by atoms with E-state index in [0.29, 0.717) is 18.7 Å². The highest BCUT2D eigenvalue weighted by atomic mass is 16.4. The molecule has 1 heterocycles. The first-order valence-corrected chi connectivity index (χ1v) is 4.53. The molecule has 0 aliphatic rings. The zero-order valence-electron chi connectivity index (χ0n) is 8.43. The molecule has 0 radical (unpaired) electrons. The van der Waals surface area contributed by atoms with Crippen molar-refractivity contribution >= 4 is 17.4 Å². The number of carboxylic acid groups (broad SMARTS) is 1. The molecule has 7 heteroatoms. The van der Waals surface area contributed by atoms with Gasteiger partial charge in [-0.25, -0.2) is 9.78 Å². The molecule has 0 aliphatic carbocycles. The van der Waals surface area contributed by atoms with Crippen LogP contribution < -0.4 is 11.5 Å². The summed E-state index contributed by atoms with van der Waals surface area (Å²) in [4.78, 5) is 28.1. The Morgan fingerprint density at radius 3 is 2.75 bits per heavy atom. The number of amides is 1. The number of hydrogen-bond donors (Lipinski definition) is 4. The molecule has 0 unspecified atom stereocenters. The molecule has 16 heavy (non-hydrogen) atoms. The first-order valence-electron chi connectivity index (χ1n) is 4.53. The van der Waals surface area contributed by atoms with Crippen LogP contribution >= 0.6 is 0 Å². The summed E-state index contributed by atoms with van der Waals surface area (Å²) >= 11 is 0. The van der Waals surface area contributed by atoms with Crippen molar-refractivity contribution in [3.63, 3.8) is 0 Å². The summed E-state index contributed by atoms with van der Waals surface area (Å²) in [6.07, 6.45) is 2.84. The van der Waals surface area contributed by atoms with Crippen molar-refractivity contribution in [1.82, 2.24) is 9.97 Å². The molecule has 0 bridgehead atoms. The van der Waals surface area contributed by atoms with Crippen LogP contribution in [-0.2, 0) is 16.0 Å². The zero-order valence-corrected chi connectivity index (χ0v) is 8.43. The number of carboxylic acids is 1. The maximum Gasteiger partial charge on any atom is 0.339 e. The van der Waals surface area contributed by atoms with E-state index in [2.05, 4.69) is 9.97 Å². The third-order valence-corrected chi connectivity index (χ3v) is 1.81. The lowest BCUT2D eigenvalue weighted by Gasteiger charge is -1.96. The number of hydrogen-bond acceptors (Lipinski definition) is 4. The number of carbonyl (C=O) groups excluding carboxylic acids is 1. The molecule has 6 N–H and O–H groups in total. The number of nitrogens with two attached hydrogens (primary N) is 2. The quantitative estimate of drug-likeness (QED) is 0.469. The van der Waals surface area contributed by atoms with Gasteiger partial charge in [0.25, 0.3) is 0 Å². The minimum Gasteiger partial charge on any atom is -0.478 e. The monoisotopic (exact) mass is 224 g/mol. The van der Waals surface area contributed by atoms with Gasteiger partial charge in [0.05, 0.1) is 0 Å². The highest BCUT2D eigenvalue weighted by molar-refractivity contribution is 6.18. The van der Waals surface area contributed by atoms with E-state index < -0.39 is 11.9 Å². The van der Waals surface area contributed by atoms with Gasteiger partial charge in [-0.2, -0.15) is 0 Å². The van der Waals surface area contributed by atoms with E-state index in [-0.39, 0.29) is 11.4 Å². The zero-order chi connectivity index (χ0) is 12.1. The largest absolute Gasteiger partial charge is 0.478 e. The second-order valence-electron chi connectivity index (χ2n) is 3.06. The summed E-state index contributed by atoms with van der Waals surface area (Å²) in [5.41, 5.74) is 10.7. The van der Waals surface area contributed by atoms with Gasteiger partial charge in [-0.3, -0.25) is 4.79 Å². The maximum atomic E-state index is 10.8. The molecule has 0 saturated carbocycles. The summed E-state index contributed by atoms with van der Waals surface area (Å²) in [5, 5.41) is 8.85.